The van der Waals surface area contributed by atoms with Gasteiger partial charge in [0.25, 0.3) is 0 Å². The van der Waals surface area contributed by atoms with E-state index in [9.17, 15) is 4.79 Å². The van der Waals surface area contributed by atoms with Crippen molar-refractivity contribution in [1.29, 1.82) is 5.26 Å². The van der Waals surface area contributed by atoms with Crippen molar-refractivity contribution < 1.29 is 33.2 Å². The Morgan fingerprint density at radius 1 is 0.826 bits per heavy atom. The fourth-order valence-corrected chi connectivity index (χ4v) is 1.23. The molecule has 8 heteroatoms. The largest absolute Gasteiger partial charge is 0.459 e. The molecule has 0 radical (unpaired) electrons. The fourth-order valence-electron chi connectivity index (χ4n) is 1.23. The summed E-state index contributed by atoms with van der Waals surface area (Å²) in [5.41, 5.74) is -0.225. The Labute approximate surface area is 136 Å². The quantitative estimate of drug-likeness (QED) is 0.173. The van der Waals surface area contributed by atoms with E-state index in [0.29, 0.717) is 52.9 Å². The Hall–Kier alpha value is -1.50. The first-order valence-corrected chi connectivity index (χ1v) is 7.28. The average molecular weight is 331 g/mol. The first-order valence-electron chi connectivity index (χ1n) is 7.28. The van der Waals surface area contributed by atoms with Gasteiger partial charge < -0.3 is 28.4 Å². The van der Waals surface area contributed by atoms with Crippen LogP contribution in [0.25, 0.3) is 0 Å². The van der Waals surface area contributed by atoms with E-state index in [0.717, 1.165) is 0 Å². The van der Waals surface area contributed by atoms with Crippen molar-refractivity contribution in [3.8, 4) is 6.07 Å². The second kappa shape index (κ2) is 16.9. The molecule has 0 aliphatic heterocycles. The summed E-state index contributed by atoms with van der Waals surface area (Å²) in [5, 5.41) is 8.41. The molecule has 0 rings (SSSR count). The number of carbonyl (C=O) groups is 1. The van der Waals surface area contributed by atoms with Crippen LogP contribution in [-0.4, -0.2) is 79.1 Å². The van der Waals surface area contributed by atoms with E-state index in [-0.39, 0.29) is 18.8 Å². The molecule has 8 nitrogen and oxygen atoms in total. The first-order chi connectivity index (χ1) is 11.2. The maximum absolute atomic E-state index is 11.1. The van der Waals surface area contributed by atoms with Crippen LogP contribution in [0.15, 0.2) is 12.2 Å². The van der Waals surface area contributed by atoms with Crippen molar-refractivity contribution in [3.63, 3.8) is 0 Å². The third kappa shape index (κ3) is 15.2. The summed E-state index contributed by atoms with van der Waals surface area (Å²) in [6.07, 6.45) is 0. The number of hydrogen-bond donors (Lipinski definition) is 0. The number of hydrogen-bond acceptors (Lipinski definition) is 8. The van der Waals surface area contributed by atoms with E-state index in [1.165, 1.54) is 0 Å². The number of nitrogens with zero attached hydrogens (tertiary/aromatic N) is 1. The summed E-state index contributed by atoms with van der Waals surface area (Å²) in [6, 6.07) is 1.61. The minimum absolute atomic E-state index is 0.0751. The second-order valence-corrected chi connectivity index (χ2v) is 4.17. The van der Waals surface area contributed by atoms with Crippen LogP contribution in [0.2, 0.25) is 0 Å². The topological polar surface area (TPSA) is 96.2 Å². The van der Waals surface area contributed by atoms with Gasteiger partial charge in [-0.3, -0.25) is 0 Å². The van der Waals surface area contributed by atoms with Gasteiger partial charge in [0.05, 0.1) is 59.5 Å². The summed E-state index contributed by atoms with van der Waals surface area (Å²) in [4.78, 5) is 11.1. The predicted molar refractivity (Wildman–Crippen MR) is 80.9 cm³/mol. The van der Waals surface area contributed by atoms with Crippen molar-refractivity contribution in [1.82, 2.24) is 0 Å². The fraction of sp³-hybridized carbons (Fsp3) is 0.733. The van der Waals surface area contributed by atoms with E-state index in [1.54, 1.807) is 13.2 Å². The van der Waals surface area contributed by atoms with Gasteiger partial charge in [-0.05, 0) is 0 Å². The van der Waals surface area contributed by atoms with Crippen LogP contribution in [0, 0.1) is 11.3 Å². The molecule has 0 N–H and O–H groups in total. The molecular weight excluding hydrogens is 306 g/mol. The molecule has 0 saturated carbocycles. The van der Waals surface area contributed by atoms with E-state index >= 15 is 0 Å². The molecule has 0 aliphatic carbocycles. The Morgan fingerprint density at radius 3 is 1.61 bits per heavy atom. The van der Waals surface area contributed by atoms with E-state index in [4.69, 9.17) is 33.7 Å². The Morgan fingerprint density at radius 2 is 1.22 bits per heavy atom. The highest BCUT2D eigenvalue weighted by molar-refractivity contribution is 5.91. The molecule has 23 heavy (non-hydrogen) atoms. The van der Waals surface area contributed by atoms with Gasteiger partial charge in [0.1, 0.15) is 18.2 Å². The van der Waals surface area contributed by atoms with Gasteiger partial charge in [0.15, 0.2) is 0 Å². The van der Waals surface area contributed by atoms with Gasteiger partial charge in [0.2, 0.25) is 0 Å². The van der Waals surface area contributed by atoms with Crippen LogP contribution in [0.4, 0.5) is 0 Å². The van der Waals surface area contributed by atoms with Gasteiger partial charge in [-0.15, -0.1) is 0 Å². The molecule has 0 fully saturated rings. The van der Waals surface area contributed by atoms with Crippen LogP contribution >= 0.6 is 0 Å². The van der Waals surface area contributed by atoms with Crippen molar-refractivity contribution in [3.05, 3.63) is 12.2 Å². The molecule has 0 aromatic carbocycles. The lowest BCUT2D eigenvalue weighted by Crippen LogP contribution is -2.15. The summed E-state index contributed by atoms with van der Waals surface area (Å²) < 4.78 is 30.6. The number of methoxy groups -OCH3 is 1. The predicted octanol–water partition coefficient (Wildman–Crippen LogP) is 0.322. The maximum atomic E-state index is 11.1. The lowest BCUT2D eigenvalue weighted by Gasteiger charge is -2.07. The second-order valence-electron chi connectivity index (χ2n) is 4.17. The molecule has 0 spiro atoms. The standard InChI is InChI=1S/C15H25NO7/c1-14(13-16)15(17)23-12-11-22-10-9-21-8-7-20-6-5-19-4-3-18-2/h1,3-12H2,2H3. The number of carbonyl (C=O) groups excluding carboxylic acids is 1. The smallest absolute Gasteiger partial charge is 0.348 e. The van der Waals surface area contributed by atoms with Gasteiger partial charge in [-0.25, -0.2) is 4.79 Å². The summed E-state index contributed by atoms with van der Waals surface area (Å²) >= 11 is 0. The zero-order valence-corrected chi connectivity index (χ0v) is 13.6. The minimum atomic E-state index is -0.726. The molecule has 0 aliphatic rings. The molecule has 0 aromatic heterocycles. The van der Waals surface area contributed by atoms with Crippen molar-refractivity contribution in [2.24, 2.45) is 0 Å². The van der Waals surface area contributed by atoms with Crippen LogP contribution < -0.4 is 0 Å². The Balaban J connectivity index is 3.12. The third-order valence-electron chi connectivity index (χ3n) is 2.39. The monoisotopic (exact) mass is 331 g/mol. The molecule has 0 unspecified atom stereocenters. The Kier molecular flexibility index (Phi) is 15.8. The number of nitriles is 1. The van der Waals surface area contributed by atoms with Crippen molar-refractivity contribution in [2.75, 3.05) is 73.2 Å². The molecule has 0 heterocycles. The highest BCUT2D eigenvalue weighted by Crippen LogP contribution is 1.92. The van der Waals surface area contributed by atoms with Crippen molar-refractivity contribution in [2.45, 2.75) is 0 Å². The number of rotatable bonds is 16. The summed E-state index contributed by atoms with van der Waals surface area (Å²) in [6.45, 7) is 7.51. The Bertz CT molecular complexity index is 354. The van der Waals surface area contributed by atoms with Crippen LogP contribution in [0.5, 0.6) is 0 Å². The number of esters is 1. The van der Waals surface area contributed by atoms with Crippen molar-refractivity contribution >= 4 is 5.97 Å². The first kappa shape index (κ1) is 21.5. The lowest BCUT2D eigenvalue weighted by molar-refractivity contribution is -0.140. The molecule has 0 bridgehead atoms. The van der Waals surface area contributed by atoms with E-state index < -0.39 is 5.97 Å². The molecule has 0 aromatic rings. The maximum Gasteiger partial charge on any atom is 0.348 e. The summed E-state index contributed by atoms with van der Waals surface area (Å²) in [5.74, 6) is -0.726. The zero-order chi connectivity index (χ0) is 17.2. The van der Waals surface area contributed by atoms with E-state index in [2.05, 4.69) is 6.58 Å². The van der Waals surface area contributed by atoms with Gasteiger partial charge >= 0.3 is 5.97 Å². The van der Waals surface area contributed by atoms with Gasteiger partial charge in [-0.2, -0.15) is 5.26 Å². The van der Waals surface area contributed by atoms with Crippen LogP contribution in [0.3, 0.4) is 0 Å². The molecule has 132 valence electrons. The molecule has 0 saturated heterocycles. The normalized spacial score (nSPS) is 10.3. The summed E-state index contributed by atoms with van der Waals surface area (Å²) in [7, 11) is 1.62. The van der Waals surface area contributed by atoms with Crippen LogP contribution in [0.1, 0.15) is 0 Å². The number of ether oxygens (including phenoxy) is 6. The SMILES string of the molecule is C=C(C#N)C(=O)OCCOCCOCCOCCOCCOC. The van der Waals surface area contributed by atoms with Crippen LogP contribution in [-0.2, 0) is 33.2 Å². The lowest BCUT2D eigenvalue weighted by atomic mass is 10.3. The minimum Gasteiger partial charge on any atom is -0.459 e. The zero-order valence-electron chi connectivity index (χ0n) is 13.6. The average Bonchev–Trinajstić information content (AvgIpc) is 2.57. The molecule has 0 atom stereocenters. The van der Waals surface area contributed by atoms with E-state index in [1.807, 2.05) is 0 Å². The highest BCUT2D eigenvalue weighted by Gasteiger charge is 2.06. The highest BCUT2D eigenvalue weighted by atomic mass is 16.6. The molecule has 0 amide bonds. The third-order valence-corrected chi connectivity index (χ3v) is 2.39. The van der Waals surface area contributed by atoms with Gasteiger partial charge in [0, 0.05) is 7.11 Å². The molecular formula is C15H25NO7. The van der Waals surface area contributed by atoms with Gasteiger partial charge in [-0.1, -0.05) is 6.58 Å².